The highest BCUT2D eigenvalue weighted by atomic mass is 127. The number of aliphatic imine (C=N–C) groups is 1. The van der Waals surface area contributed by atoms with Gasteiger partial charge in [0.05, 0.1) is 12.2 Å². The Hall–Kier alpha value is -1.36. The molecule has 3 rings (SSSR count). The van der Waals surface area contributed by atoms with Gasteiger partial charge >= 0.3 is 0 Å². The van der Waals surface area contributed by atoms with E-state index in [0.717, 1.165) is 70.3 Å². The molecule has 1 saturated heterocycles. The molecule has 9 heteroatoms. The second-order valence-corrected chi connectivity index (χ2v) is 7.36. The molecule has 1 amide bonds. The lowest BCUT2D eigenvalue weighted by atomic mass is 9.84. The van der Waals surface area contributed by atoms with E-state index in [0.29, 0.717) is 18.4 Å². The Morgan fingerprint density at radius 3 is 2.57 bits per heavy atom. The Morgan fingerprint density at radius 1 is 1.25 bits per heavy atom. The van der Waals surface area contributed by atoms with Crippen LogP contribution >= 0.6 is 24.0 Å². The van der Waals surface area contributed by atoms with Crippen LogP contribution < -0.4 is 10.6 Å². The van der Waals surface area contributed by atoms with E-state index in [9.17, 15) is 4.79 Å². The van der Waals surface area contributed by atoms with E-state index < -0.39 is 0 Å². The number of hydrogen-bond donors (Lipinski definition) is 2. The molecule has 8 nitrogen and oxygen atoms in total. The van der Waals surface area contributed by atoms with E-state index in [1.54, 1.807) is 6.20 Å². The Balaban J connectivity index is 0.00000280. The van der Waals surface area contributed by atoms with E-state index in [1.807, 2.05) is 17.8 Å². The van der Waals surface area contributed by atoms with Crippen LogP contribution in [0.2, 0.25) is 0 Å². The number of rotatable bonds is 7. The van der Waals surface area contributed by atoms with Gasteiger partial charge in [0.2, 0.25) is 5.91 Å². The summed E-state index contributed by atoms with van der Waals surface area (Å²) < 4.78 is 1.84. The number of amides is 1. The summed E-state index contributed by atoms with van der Waals surface area (Å²) >= 11 is 0. The summed E-state index contributed by atoms with van der Waals surface area (Å²) in [7, 11) is 1.93. The SMILES string of the molecule is CCNC(=NCc1ccnn1C)NCCN1CCN(C(=O)C2CCC2)CC1.I. The first-order valence-corrected chi connectivity index (χ1v) is 10.2. The van der Waals surface area contributed by atoms with Crippen molar-refractivity contribution >= 4 is 35.8 Å². The molecule has 0 aromatic carbocycles. The van der Waals surface area contributed by atoms with Crippen molar-refractivity contribution in [2.45, 2.75) is 32.7 Å². The van der Waals surface area contributed by atoms with Gasteiger partial charge < -0.3 is 15.5 Å². The van der Waals surface area contributed by atoms with Crippen molar-refractivity contribution in [3.05, 3.63) is 18.0 Å². The summed E-state index contributed by atoms with van der Waals surface area (Å²) in [5.74, 6) is 1.53. The van der Waals surface area contributed by atoms with Crippen molar-refractivity contribution in [1.82, 2.24) is 30.2 Å². The van der Waals surface area contributed by atoms with E-state index >= 15 is 0 Å². The van der Waals surface area contributed by atoms with Crippen LogP contribution in [0.4, 0.5) is 0 Å². The number of piperazine rings is 1. The molecule has 1 aliphatic heterocycles. The maximum atomic E-state index is 12.3. The molecule has 1 aromatic rings. The smallest absolute Gasteiger partial charge is 0.225 e. The topological polar surface area (TPSA) is 77.8 Å². The van der Waals surface area contributed by atoms with Gasteiger partial charge in [-0.05, 0) is 25.8 Å². The molecule has 1 aromatic heterocycles. The number of nitrogens with one attached hydrogen (secondary N) is 2. The summed E-state index contributed by atoms with van der Waals surface area (Å²) in [6, 6.07) is 1.98. The Labute approximate surface area is 185 Å². The van der Waals surface area contributed by atoms with E-state index in [2.05, 4.69) is 37.4 Å². The molecule has 2 fully saturated rings. The van der Waals surface area contributed by atoms with Gasteiger partial charge in [-0.3, -0.25) is 14.4 Å². The van der Waals surface area contributed by atoms with Gasteiger partial charge in [-0.15, -0.1) is 24.0 Å². The van der Waals surface area contributed by atoms with Crippen molar-refractivity contribution in [1.29, 1.82) is 0 Å². The lowest BCUT2D eigenvalue weighted by Gasteiger charge is -2.38. The number of aryl methyl sites for hydroxylation is 1. The monoisotopic (exact) mass is 503 g/mol. The van der Waals surface area contributed by atoms with Crippen LogP contribution in [0, 0.1) is 5.92 Å². The van der Waals surface area contributed by atoms with Gasteiger partial charge in [-0.25, -0.2) is 4.99 Å². The zero-order valence-electron chi connectivity index (χ0n) is 17.1. The third kappa shape index (κ3) is 6.33. The lowest BCUT2D eigenvalue weighted by molar-refractivity contribution is -0.139. The summed E-state index contributed by atoms with van der Waals surface area (Å²) in [6.45, 7) is 8.96. The standard InChI is InChI=1S/C19H33N7O.HI/c1-3-20-19(22-15-17-7-8-23-24(17)2)21-9-10-25-11-13-26(14-12-25)18(27)16-5-4-6-16;/h7-8,16H,3-6,9-15H2,1-2H3,(H2,20,21,22);1H. The number of aromatic nitrogens is 2. The van der Waals surface area contributed by atoms with E-state index in [1.165, 1.54) is 6.42 Å². The minimum Gasteiger partial charge on any atom is -0.357 e. The van der Waals surface area contributed by atoms with Crippen LogP contribution in [0.1, 0.15) is 31.9 Å². The second kappa shape index (κ2) is 11.6. The number of halogens is 1. The average molecular weight is 503 g/mol. The fraction of sp³-hybridized carbons (Fsp3) is 0.737. The van der Waals surface area contributed by atoms with Crippen LogP contribution in [-0.2, 0) is 18.4 Å². The molecule has 0 spiro atoms. The first-order valence-electron chi connectivity index (χ1n) is 10.2. The summed E-state index contributed by atoms with van der Waals surface area (Å²) in [5.41, 5.74) is 1.08. The zero-order valence-corrected chi connectivity index (χ0v) is 19.4. The van der Waals surface area contributed by atoms with Crippen LogP contribution in [0.5, 0.6) is 0 Å². The molecular formula is C19H34IN7O. The van der Waals surface area contributed by atoms with Crippen LogP contribution in [0.25, 0.3) is 0 Å². The first kappa shape index (κ1) is 22.9. The molecule has 0 bridgehead atoms. The molecule has 2 aliphatic rings. The molecule has 1 aliphatic carbocycles. The fourth-order valence-electron chi connectivity index (χ4n) is 3.50. The molecule has 158 valence electrons. The van der Waals surface area contributed by atoms with Crippen LogP contribution in [0.15, 0.2) is 17.3 Å². The third-order valence-electron chi connectivity index (χ3n) is 5.52. The minimum absolute atomic E-state index is 0. The van der Waals surface area contributed by atoms with Crippen LogP contribution in [-0.4, -0.2) is 77.3 Å². The van der Waals surface area contributed by atoms with Gasteiger partial charge in [0.1, 0.15) is 0 Å². The lowest BCUT2D eigenvalue weighted by Crippen LogP contribution is -2.52. The van der Waals surface area contributed by atoms with Crippen molar-refractivity contribution in [3.63, 3.8) is 0 Å². The van der Waals surface area contributed by atoms with E-state index in [-0.39, 0.29) is 24.0 Å². The Kier molecular flexibility index (Phi) is 9.49. The van der Waals surface area contributed by atoms with E-state index in [4.69, 9.17) is 0 Å². The van der Waals surface area contributed by atoms with Crippen molar-refractivity contribution < 1.29 is 4.79 Å². The first-order chi connectivity index (χ1) is 13.2. The highest BCUT2D eigenvalue weighted by molar-refractivity contribution is 14.0. The molecule has 0 radical (unpaired) electrons. The van der Waals surface area contributed by atoms with Gasteiger partial charge in [0.15, 0.2) is 5.96 Å². The number of hydrogen-bond acceptors (Lipinski definition) is 4. The number of carbonyl (C=O) groups is 1. The molecule has 2 N–H and O–H groups in total. The zero-order chi connectivity index (χ0) is 19.1. The predicted molar refractivity (Wildman–Crippen MR) is 122 cm³/mol. The predicted octanol–water partition coefficient (Wildman–Crippen LogP) is 1.04. The molecule has 28 heavy (non-hydrogen) atoms. The highest BCUT2D eigenvalue weighted by Gasteiger charge is 2.30. The summed E-state index contributed by atoms with van der Waals surface area (Å²) in [4.78, 5) is 21.4. The van der Waals surface area contributed by atoms with Crippen molar-refractivity contribution in [2.75, 3.05) is 45.8 Å². The average Bonchev–Trinajstić information content (AvgIpc) is 3.03. The number of nitrogens with zero attached hydrogens (tertiary/aromatic N) is 5. The van der Waals surface area contributed by atoms with Gasteiger partial charge in [-0.1, -0.05) is 6.42 Å². The second-order valence-electron chi connectivity index (χ2n) is 7.36. The van der Waals surface area contributed by atoms with Gasteiger partial charge in [-0.2, -0.15) is 5.10 Å². The maximum Gasteiger partial charge on any atom is 0.225 e. The fourth-order valence-corrected chi connectivity index (χ4v) is 3.50. The van der Waals surface area contributed by atoms with Gasteiger partial charge in [0, 0.05) is 65.0 Å². The summed E-state index contributed by atoms with van der Waals surface area (Å²) in [6.07, 6.45) is 5.20. The van der Waals surface area contributed by atoms with Crippen molar-refractivity contribution in [2.24, 2.45) is 18.0 Å². The molecular weight excluding hydrogens is 469 g/mol. The quantitative estimate of drug-likeness (QED) is 0.331. The Morgan fingerprint density at radius 2 is 2.00 bits per heavy atom. The number of guanidine groups is 1. The normalized spacial score (nSPS) is 18.4. The molecule has 0 atom stereocenters. The molecule has 2 heterocycles. The molecule has 1 saturated carbocycles. The number of carbonyl (C=O) groups excluding carboxylic acids is 1. The van der Waals surface area contributed by atoms with Crippen molar-refractivity contribution in [3.8, 4) is 0 Å². The third-order valence-corrected chi connectivity index (χ3v) is 5.52. The highest BCUT2D eigenvalue weighted by Crippen LogP contribution is 2.28. The largest absolute Gasteiger partial charge is 0.357 e. The van der Waals surface area contributed by atoms with Crippen LogP contribution in [0.3, 0.4) is 0 Å². The molecule has 0 unspecified atom stereocenters. The summed E-state index contributed by atoms with van der Waals surface area (Å²) in [5, 5.41) is 10.9. The maximum absolute atomic E-state index is 12.3. The Bertz CT molecular complexity index is 636. The minimum atomic E-state index is 0. The van der Waals surface area contributed by atoms with Gasteiger partial charge in [0.25, 0.3) is 0 Å².